The van der Waals surface area contributed by atoms with Crippen LogP contribution in [0.1, 0.15) is 32.9 Å². The van der Waals surface area contributed by atoms with Crippen LogP contribution in [0, 0.1) is 0 Å². The zero-order valence-corrected chi connectivity index (χ0v) is 14.0. The summed E-state index contributed by atoms with van der Waals surface area (Å²) in [6.45, 7) is 9.03. The summed E-state index contributed by atoms with van der Waals surface area (Å²) >= 11 is 1.68. The van der Waals surface area contributed by atoms with Crippen LogP contribution in [0.15, 0.2) is 11.6 Å². The number of aromatic nitrogens is 2. The molecular formula is C15H24N4OS. The first-order valence-corrected chi connectivity index (χ1v) is 8.34. The lowest BCUT2D eigenvalue weighted by Crippen LogP contribution is -2.37. The van der Waals surface area contributed by atoms with Crippen LogP contribution in [0.2, 0.25) is 0 Å². The van der Waals surface area contributed by atoms with E-state index < -0.39 is 0 Å². The lowest BCUT2D eigenvalue weighted by atomic mass is 10.1. The minimum Gasteiger partial charge on any atom is -0.379 e. The molecule has 1 aliphatic heterocycles. The monoisotopic (exact) mass is 308 g/mol. The van der Waals surface area contributed by atoms with E-state index in [4.69, 9.17) is 9.72 Å². The highest BCUT2D eigenvalue weighted by Crippen LogP contribution is 2.27. The molecule has 3 rings (SSSR count). The second-order valence-corrected chi connectivity index (χ2v) is 7.54. The second kappa shape index (κ2) is 5.59. The number of hydrogen-bond acceptors (Lipinski definition) is 5. The number of thiazole rings is 1. The van der Waals surface area contributed by atoms with Crippen LogP contribution in [0.4, 0.5) is 5.82 Å². The summed E-state index contributed by atoms with van der Waals surface area (Å²) in [5, 5.41) is 5.67. The van der Waals surface area contributed by atoms with Crippen LogP contribution in [-0.4, -0.2) is 41.2 Å². The maximum Gasteiger partial charge on any atom is 0.195 e. The molecule has 1 unspecified atom stereocenters. The summed E-state index contributed by atoms with van der Waals surface area (Å²) in [7, 11) is 2.13. The Hall–Kier alpha value is -1.11. The molecule has 2 aromatic rings. The van der Waals surface area contributed by atoms with Gasteiger partial charge < -0.3 is 15.0 Å². The van der Waals surface area contributed by atoms with Crippen molar-refractivity contribution in [2.45, 2.75) is 45.3 Å². The van der Waals surface area contributed by atoms with Gasteiger partial charge in [-0.15, -0.1) is 11.3 Å². The van der Waals surface area contributed by atoms with Crippen LogP contribution in [-0.2, 0) is 11.3 Å². The van der Waals surface area contributed by atoms with Crippen molar-refractivity contribution in [1.29, 1.82) is 0 Å². The van der Waals surface area contributed by atoms with Gasteiger partial charge in [0.25, 0.3) is 0 Å². The number of anilines is 1. The van der Waals surface area contributed by atoms with Crippen molar-refractivity contribution in [3.05, 3.63) is 17.3 Å². The van der Waals surface area contributed by atoms with E-state index in [1.54, 1.807) is 11.3 Å². The molecule has 21 heavy (non-hydrogen) atoms. The van der Waals surface area contributed by atoms with E-state index in [1.807, 2.05) is 0 Å². The quantitative estimate of drug-likeness (QED) is 0.942. The predicted octanol–water partition coefficient (Wildman–Crippen LogP) is 2.51. The van der Waals surface area contributed by atoms with Crippen molar-refractivity contribution in [2.75, 3.05) is 25.2 Å². The van der Waals surface area contributed by atoms with Crippen molar-refractivity contribution in [3.8, 4) is 0 Å². The average Bonchev–Trinajstić information content (AvgIpc) is 3.11. The molecule has 1 N–H and O–H groups in total. The van der Waals surface area contributed by atoms with Crippen LogP contribution in [0.25, 0.3) is 4.96 Å². The molecule has 0 radical (unpaired) electrons. The molecule has 116 valence electrons. The predicted molar refractivity (Wildman–Crippen MR) is 87.3 cm³/mol. The molecule has 1 fully saturated rings. The molecule has 1 aliphatic rings. The van der Waals surface area contributed by atoms with Gasteiger partial charge in [-0.25, -0.2) is 4.98 Å². The fraction of sp³-hybridized carbons (Fsp3) is 0.667. The zero-order chi connectivity index (χ0) is 15.0. The second-order valence-electron chi connectivity index (χ2n) is 6.67. The van der Waals surface area contributed by atoms with E-state index in [1.165, 1.54) is 5.69 Å². The van der Waals surface area contributed by atoms with Crippen LogP contribution in [0.5, 0.6) is 0 Å². The van der Waals surface area contributed by atoms with Gasteiger partial charge in [0.15, 0.2) is 10.8 Å². The highest BCUT2D eigenvalue weighted by Gasteiger charge is 2.26. The molecule has 0 saturated carbocycles. The van der Waals surface area contributed by atoms with Gasteiger partial charge >= 0.3 is 0 Å². The molecule has 2 aromatic heterocycles. The Morgan fingerprint density at radius 3 is 3.00 bits per heavy atom. The van der Waals surface area contributed by atoms with Crippen molar-refractivity contribution >= 4 is 22.1 Å². The largest absolute Gasteiger partial charge is 0.379 e. The van der Waals surface area contributed by atoms with Gasteiger partial charge in [-0.2, -0.15) is 0 Å². The molecular weight excluding hydrogens is 284 g/mol. The molecule has 6 heteroatoms. The van der Waals surface area contributed by atoms with E-state index >= 15 is 0 Å². The van der Waals surface area contributed by atoms with E-state index in [-0.39, 0.29) is 5.54 Å². The van der Waals surface area contributed by atoms with Crippen molar-refractivity contribution in [1.82, 2.24) is 14.7 Å². The molecule has 1 saturated heterocycles. The molecule has 0 bridgehead atoms. The third-order valence-corrected chi connectivity index (χ3v) is 4.67. The Morgan fingerprint density at radius 1 is 1.52 bits per heavy atom. The molecule has 5 nitrogen and oxygen atoms in total. The van der Waals surface area contributed by atoms with Gasteiger partial charge in [0.2, 0.25) is 0 Å². The number of ether oxygens (including phenoxy) is 1. The number of nitrogens with one attached hydrogen (secondary N) is 1. The van der Waals surface area contributed by atoms with Gasteiger partial charge in [0.05, 0.1) is 18.3 Å². The van der Waals surface area contributed by atoms with Gasteiger partial charge in [-0.3, -0.25) is 4.40 Å². The number of fused-ring (bicyclic) bond motifs is 1. The van der Waals surface area contributed by atoms with E-state index in [0.29, 0.717) is 6.04 Å². The zero-order valence-electron chi connectivity index (χ0n) is 13.2. The average molecular weight is 308 g/mol. The van der Waals surface area contributed by atoms with E-state index in [0.717, 1.165) is 37.0 Å². The third kappa shape index (κ3) is 3.07. The Labute approximate surface area is 129 Å². The Morgan fingerprint density at radius 2 is 2.33 bits per heavy atom. The van der Waals surface area contributed by atoms with E-state index in [2.05, 4.69) is 54.0 Å². The standard InChI is InChI=1S/C15H24N4OS/c1-15(2,3)16-9-12-13(17-14-19(12)6-8-21-14)18(4)11-5-7-20-10-11/h6,8,11,16H,5,7,9-10H2,1-4H3. The van der Waals surface area contributed by atoms with Crippen molar-refractivity contribution < 1.29 is 4.74 Å². The first-order valence-electron chi connectivity index (χ1n) is 7.46. The maximum absolute atomic E-state index is 5.52. The van der Waals surface area contributed by atoms with Crippen LogP contribution in [0.3, 0.4) is 0 Å². The topological polar surface area (TPSA) is 41.8 Å². The van der Waals surface area contributed by atoms with Crippen molar-refractivity contribution in [3.63, 3.8) is 0 Å². The summed E-state index contributed by atoms with van der Waals surface area (Å²) in [6.07, 6.45) is 3.18. The highest BCUT2D eigenvalue weighted by molar-refractivity contribution is 7.15. The van der Waals surface area contributed by atoms with Gasteiger partial charge in [-0.1, -0.05) is 0 Å². The Kier molecular flexibility index (Phi) is 3.94. The molecule has 3 heterocycles. The summed E-state index contributed by atoms with van der Waals surface area (Å²) in [6, 6.07) is 0.433. The Bertz CT molecular complexity index is 607. The maximum atomic E-state index is 5.52. The number of likely N-dealkylation sites (N-methyl/N-ethyl adjacent to an activating group) is 1. The number of rotatable bonds is 4. The Balaban J connectivity index is 1.91. The van der Waals surface area contributed by atoms with Crippen LogP contribution < -0.4 is 10.2 Å². The third-order valence-electron chi connectivity index (χ3n) is 3.91. The molecule has 1 atom stereocenters. The molecule has 0 spiro atoms. The SMILES string of the molecule is CN(c1nc2sccn2c1CNC(C)(C)C)C1CCOC1. The number of imidazole rings is 1. The summed E-state index contributed by atoms with van der Waals surface area (Å²) in [5.74, 6) is 1.08. The van der Waals surface area contributed by atoms with Crippen LogP contribution >= 0.6 is 11.3 Å². The van der Waals surface area contributed by atoms with Gasteiger partial charge in [0.1, 0.15) is 0 Å². The van der Waals surface area contributed by atoms with Gasteiger partial charge in [-0.05, 0) is 27.2 Å². The fourth-order valence-corrected chi connectivity index (χ4v) is 3.35. The minimum absolute atomic E-state index is 0.0898. The van der Waals surface area contributed by atoms with E-state index in [9.17, 15) is 0 Å². The summed E-state index contributed by atoms with van der Waals surface area (Å²) in [4.78, 5) is 8.17. The van der Waals surface area contributed by atoms with Gasteiger partial charge in [0, 0.05) is 37.3 Å². The lowest BCUT2D eigenvalue weighted by Gasteiger charge is -2.26. The normalized spacial score (nSPS) is 19.5. The first kappa shape index (κ1) is 14.8. The smallest absolute Gasteiger partial charge is 0.195 e. The lowest BCUT2D eigenvalue weighted by molar-refractivity contribution is 0.193. The first-order chi connectivity index (χ1) is 9.96. The van der Waals surface area contributed by atoms with Crippen molar-refractivity contribution in [2.24, 2.45) is 0 Å². The molecule has 0 aliphatic carbocycles. The minimum atomic E-state index is 0.0898. The summed E-state index contributed by atoms with van der Waals surface area (Å²) < 4.78 is 7.72. The number of nitrogens with zero attached hydrogens (tertiary/aromatic N) is 3. The summed E-state index contributed by atoms with van der Waals surface area (Å²) in [5.41, 5.74) is 1.32. The molecule has 0 aromatic carbocycles. The molecule has 0 amide bonds. The fourth-order valence-electron chi connectivity index (χ4n) is 2.62. The number of hydrogen-bond donors (Lipinski definition) is 1. The highest BCUT2D eigenvalue weighted by atomic mass is 32.1.